The molecule has 3 heteroatoms. The first-order chi connectivity index (χ1) is 7.57. The predicted octanol–water partition coefficient (Wildman–Crippen LogP) is 3.35. The summed E-state index contributed by atoms with van der Waals surface area (Å²) in [5, 5.41) is 10.8. The largest absolute Gasteiger partial charge is 0.388 e. The zero-order valence-electron chi connectivity index (χ0n) is 10.0. The summed E-state index contributed by atoms with van der Waals surface area (Å²) >= 11 is 6.17. The zero-order valence-corrected chi connectivity index (χ0v) is 10.8. The van der Waals surface area contributed by atoms with Crippen LogP contribution in [0, 0.1) is 12.8 Å². The lowest BCUT2D eigenvalue weighted by molar-refractivity contribution is 0.0886. The Hall–Kier alpha value is -0.570. The molecule has 90 valence electrons. The second kappa shape index (κ2) is 6.24. The Labute approximate surface area is 102 Å². The molecule has 0 heterocycles. The molecule has 0 aliphatic carbocycles. The molecule has 1 aromatic carbocycles. The van der Waals surface area contributed by atoms with Crippen molar-refractivity contribution in [1.82, 2.24) is 0 Å². The maximum absolute atomic E-state index is 10.2. The number of halogens is 1. The van der Waals surface area contributed by atoms with Crippen LogP contribution < -0.4 is 0 Å². The van der Waals surface area contributed by atoms with Gasteiger partial charge < -0.3 is 9.84 Å². The van der Waals surface area contributed by atoms with E-state index in [0.717, 1.165) is 17.5 Å². The molecule has 0 bridgehead atoms. The summed E-state index contributed by atoms with van der Waals surface area (Å²) in [6.07, 6.45) is 0.296. The minimum absolute atomic E-state index is 0.138. The molecule has 0 amide bonds. The van der Waals surface area contributed by atoms with Crippen molar-refractivity contribution in [1.29, 1.82) is 0 Å². The topological polar surface area (TPSA) is 29.5 Å². The highest BCUT2D eigenvalue weighted by atomic mass is 35.5. The zero-order chi connectivity index (χ0) is 12.1. The second-order valence-electron chi connectivity index (χ2n) is 4.18. The highest BCUT2D eigenvalue weighted by Gasteiger charge is 2.19. The lowest BCUT2D eigenvalue weighted by Crippen LogP contribution is -2.12. The number of methoxy groups -OCH3 is 1. The van der Waals surface area contributed by atoms with Crippen molar-refractivity contribution in [3.8, 4) is 0 Å². The summed E-state index contributed by atoms with van der Waals surface area (Å²) in [5.41, 5.74) is 1.81. The van der Waals surface area contributed by atoms with E-state index in [1.807, 2.05) is 32.0 Å². The molecule has 0 fully saturated rings. The fourth-order valence-corrected chi connectivity index (χ4v) is 1.90. The number of ether oxygens (including phenoxy) is 1. The Morgan fingerprint density at radius 3 is 2.75 bits per heavy atom. The van der Waals surface area contributed by atoms with E-state index < -0.39 is 6.10 Å². The van der Waals surface area contributed by atoms with Gasteiger partial charge >= 0.3 is 0 Å². The Morgan fingerprint density at radius 1 is 1.44 bits per heavy atom. The summed E-state index contributed by atoms with van der Waals surface area (Å²) in [4.78, 5) is 0. The lowest BCUT2D eigenvalue weighted by Gasteiger charge is -2.20. The van der Waals surface area contributed by atoms with Gasteiger partial charge in [-0.1, -0.05) is 36.7 Å². The first kappa shape index (κ1) is 13.5. The van der Waals surface area contributed by atoms with Crippen molar-refractivity contribution in [2.45, 2.75) is 26.4 Å². The standard InChI is InChI=1S/C13H19ClO2/c1-9-5-4-6-11(12(9)14)13(15)10(2)7-8-16-3/h4-6,10,13,15H,7-8H2,1-3H3. The number of rotatable bonds is 5. The highest BCUT2D eigenvalue weighted by molar-refractivity contribution is 6.32. The molecular formula is C13H19ClO2. The Kier molecular flexibility index (Phi) is 5.26. The number of hydrogen-bond acceptors (Lipinski definition) is 2. The van der Waals surface area contributed by atoms with Crippen molar-refractivity contribution in [2.75, 3.05) is 13.7 Å². The fraction of sp³-hybridized carbons (Fsp3) is 0.538. The molecule has 1 N–H and O–H groups in total. The molecule has 1 aromatic rings. The molecule has 2 atom stereocenters. The highest BCUT2D eigenvalue weighted by Crippen LogP contribution is 2.31. The predicted molar refractivity (Wildman–Crippen MR) is 66.8 cm³/mol. The Balaban J connectivity index is 2.79. The number of aliphatic hydroxyl groups excluding tert-OH is 1. The molecule has 2 nitrogen and oxygen atoms in total. The van der Waals surface area contributed by atoms with E-state index in [1.54, 1.807) is 7.11 Å². The number of hydrogen-bond donors (Lipinski definition) is 1. The maximum atomic E-state index is 10.2. The third-order valence-corrected chi connectivity index (χ3v) is 3.37. The fourth-order valence-electron chi connectivity index (χ4n) is 1.67. The molecule has 1 rings (SSSR count). The first-order valence-corrected chi connectivity index (χ1v) is 5.87. The second-order valence-corrected chi connectivity index (χ2v) is 4.56. The summed E-state index contributed by atoms with van der Waals surface area (Å²) in [5.74, 6) is 0.138. The van der Waals surface area contributed by atoms with Gasteiger partial charge in [0.2, 0.25) is 0 Å². The number of aryl methyl sites for hydroxylation is 1. The lowest BCUT2D eigenvalue weighted by atomic mass is 9.94. The van der Waals surface area contributed by atoms with Gasteiger partial charge in [0.05, 0.1) is 6.10 Å². The molecular weight excluding hydrogens is 224 g/mol. The van der Waals surface area contributed by atoms with Gasteiger partial charge in [0.15, 0.2) is 0 Å². The molecule has 0 saturated carbocycles. The van der Waals surface area contributed by atoms with Gasteiger partial charge in [-0.3, -0.25) is 0 Å². The van der Waals surface area contributed by atoms with E-state index in [2.05, 4.69) is 0 Å². The molecule has 0 aliphatic heterocycles. The molecule has 16 heavy (non-hydrogen) atoms. The molecule has 0 aliphatic rings. The van der Waals surface area contributed by atoms with Gasteiger partial charge in [-0.2, -0.15) is 0 Å². The van der Waals surface area contributed by atoms with Crippen molar-refractivity contribution >= 4 is 11.6 Å². The third-order valence-electron chi connectivity index (χ3n) is 2.86. The van der Waals surface area contributed by atoms with Crippen LogP contribution in [0.25, 0.3) is 0 Å². The quantitative estimate of drug-likeness (QED) is 0.858. The van der Waals surface area contributed by atoms with Crippen molar-refractivity contribution in [2.24, 2.45) is 5.92 Å². The summed E-state index contributed by atoms with van der Waals surface area (Å²) < 4.78 is 5.01. The van der Waals surface area contributed by atoms with Gasteiger partial charge in [-0.15, -0.1) is 0 Å². The monoisotopic (exact) mass is 242 g/mol. The molecule has 0 aromatic heterocycles. The molecule has 0 saturated heterocycles. The summed E-state index contributed by atoms with van der Waals surface area (Å²) in [7, 11) is 1.67. The van der Waals surface area contributed by atoms with Gasteiger partial charge in [0.25, 0.3) is 0 Å². The van der Waals surface area contributed by atoms with E-state index >= 15 is 0 Å². The summed E-state index contributed by atoms with van der Waals surface area (Å²) in [6.45, 7) is 4.60. The van der Waals surface area contributed by atoms with Crippen LogP contribution in [0.2, 0.25) is 5.02 Å². The minimum atomic E-state index is -0.525. The molecule has 0 spiro atoms. The summed E-state index contributed by atoms with van der Waals surface area (Å²) in [6, 6.07) is 5.74. The van der Waals surface area contributed by atoms with E-state index in [-0.39, 0.29) is 5.92 Å². The van der Waals surface area contributed by atoms with Crippen LogP contribution in [0.5, 0.6) is 0 Å². The van der Waals surface area contributed by atoms with Crippen LogP contribution in [0.4, 0.5) is 0 Å². The van der Waals surface area contributed by atoms with Crippen molar-refractivity contribution in [3.63, 3.8) is 0 Å². The van der Waals surface area contributed by atoms with Gasteiger partial charge in [-0.25, -0.2) is 0 Å². The van der Waals surface area contributed by atoms with Crippen LogP contribution in [-0.2, 0) is 4.74 Å². The first-order valence-electron chi connectivity index (χ1n) is 5.50. The Bertz CT molecular complexity index is 339. The van der Waals surface area contributed by atoms with Gasteiger partial charge in [0.1, 0.15) is 0 Å². The van der Waals surface area contributed by atoms with Crippen LogP contribution in [0.1, 0.15) is 30.6 Å². The average Bonchev–Trinajstić information content (AvgIpc) is 2.28. The third kappa shape index (κ3) is 3.21. The van der Waals surface area contributed by atoms with Crippen LogP contribution in [0.15, 0.2) is 18.2 Å². The maximum Gasteiger partial charge on any atom is 0.0830 e. The van der Waals surface area contributed by atoms with Crippen LogP contribution in [-0.4, -0.2) is 18.8 Å². The van der Waals surface area contributed by atoms with E-state index in [4.69, 9.17) is 16.3 Å². The molecule has 0 radical (unpaired) electrons. The van der Waals surface area contributed by atoms with Crippen molar-refractivity contribution in [3.05, 3.63) is 34.3 Å². The Morgan fingerprint density at radius 2 is 2.12 bits per heavy atom. The smallest absolute Gasteiger partial charge is 0.0830 e. The van der Waals surface area contributed by atoms with Gasteiger partial charge in [0, 0.05) is 18.7 Å². The average molecular weight is 243 g/mol. The van der Waals surface area contributed by atoms with Crippen molar-refractivity contribution < 1.29 is 9.84 Å². The van der Waals surface area contributed by atoms with E-state index in [1.165, 1.54) is 0 Å². The minimum Gasteiger partial charge on any atom is -0.388 e. The van der Waals surface area contributed by atoms with Crippen LogP contribution in [0.3, 0.4) is 0 Å². The number of benzene rings is 1. The van der Waals surface area contributed by atoms with Gasteiger partial charge in [-0.05, 0) is 30.4 Å². The van der Waals surface area contributed by atoms with Crippen LogP contribution >= 0.6 is 11.6 Å². The number of aliphatic hydroxyl groups is 1. The SMILES string of the molecule is COCCC(C)C(O)c1cccc(C)c1Cl. The normalized spacial score (nSPS) is 14.8. The molecule has 2 unspecified atom stereocenters. The van der Waals surface area contributed by atoms with E-state index in [9.17, 15) is 5.11 Å². The van der Waals surface area contributed by atoms with E-state index in [0.29, 0.717) is 11.6 Å².